The molecule has 3 rings (SSSR count). The molecule has 4 heteroatoms. The van der Waals surface area contributed by atoms with Crippen LogP contribution in [-0.4, -0.2) is 9.55 Å². The predicted octanol–water partition coefficient (Wildman–Crippen LogP) is 4.72. The van der Waals surface area contributed by atoms with Gasteiger partial charge in [-0.2, -0.15) is 0 Å². The monoisotopic (exact) mass is 297 g/mol. The highest BCUT2D eigenvalue weighted by atomic mass is 32.1. The van der Waals surface area contributed by atoms with Crippen molar-refractivity contribution in [3.8, 4) is 5.69 Å². The molecule has 0 fully saturated rings. The third-order valence-corrected chi connectivity index (χ3v) is 4.72. The Bertz CT molecular complexity index is 728. The van der Waals surface area contributed by atoms with E-state index in [2.05, 4.69) is 72.3 Å². The highest BCUT2D eigenvalue weighted by molar-refractivity contribution is 7.11. The topological polar surface area (TPSA) is 29.9 Å². The van der Waals surface area contributed by atoms with Crippen LogP contribution in [0.4, 0.5) is 5.69 Å². The summed E-state index contributed by atoms with van der Waals surface area (Å²) in [7, 11) is 0. The van der Waals surface area contributed by atoms with Gasteiger partial charge >= 0.3 is 0 Å². The van der Waals surface area contributed by atoms with Crippen molar-refractivity contribution in [2.45, 2.75) is 26.8 Å². The van der Waals surface area contributed by atoms with Crippen LogP contribution in [0.2, 0.25) is 0 Å². The van der Waals surface area contributed by atoms with E-state index in [9.17, 15) is 0 Å². The number of thiazole rings is 1. The standard InChI is InChI=1S/C17H19N3S/c1-12-17(21-14(3)18-12)13(2)19-15-7-6-8-16(11-15)20-9-4-5-10-20/h4-11,13,19H,1-3H3. The second-order valence-corrected chi connectivity index (χ2v) is 6.42. The summed E-state index contributed by atoms with van der Waals surface area (Å²) in [6.45, 7) is 6.32. The number of rotatable bonds is 4. The number of hydrogen-bond donors (Lipinski definition) is 1. The van der Waals surface area contributed by atoms with Crippen molar-refractivity contribution < 1.29 is 0 Å². The van der Waals surface area contributed by atoms with Crippen molar-refractivity contribution in [2.75, 3.05) is 5.32 Å². The first-order valence-corrected chi connectivity index (χ1v) is 7.89. The van der Waals surface area contributed by atoms with Gasteiger partial charge in [0.1, 0.15) is 0 Å². The molecule has 1 aromatic carbocycles. The number of nitrogens with one attached hydrogen (secondary N) is 1. The van der Waals surface area contributed by atoms with Crippen molar-refractivity contribution in [1.82, 2.24) is 9.55 Å². The third kappa shape index (κ3) is 3.00. The summed E-state index contributed by atoms with van der Waals surface area (Å²) in [5.74, 6) is 0. The van der Waals surface area contributed by atoms with E-state index in [0.29, 0.717) is 0 Å². The summed E-state index contributed by atoms with van der Waals surface area (Å²) in [4.78, 5) is 5.81. The van der Waals surface area contributed by atoms with Crippen LogP contribution >= 0.6 is 11.3 Å². The highest BCUT2D eigenvalue weighted by Crippen LogP contribution is 2.28. The number of aryl methyl sites for hydroxylation is 2. The maximum Gasteiger partial charge on any atom is 0.0900 e. The van der Waals surface area contributed by atoms with E-state index >= 15 is 0 Å². The Hall–Kier alpha value is -2.07. The van der Waals surface area contributed by atoms with E-state index < -0.39 is 0 Å². The zero-order chi connectivity index (χ0) is 14.8. The van der Waals surface area contributed by atoms with Gasteiger partial charge in [-0.05, 0) is 51.1 Å². The summed E-state index contributed by atoms with van der Waals surface area (Å²) in [5.41, 5.74) is 3.41. The Morgan fingerprint density at radius 2 is 1.90 bits per heavy atom. The first-order valence-electron chi connectivity index (χ1n) is 7.07. The van der Waals surface area contributed by atoms with Gasteiger partial charge in [0.25, 0.3) is 0 Å². The van der Waals surface area contributed by atoms with Crippen molar-refractivity contribution in [3.05, 3.63) is 64.4 Å². The van der Waals surface area contributed by atoms with Crippen LogP contribution in [0, 0.1) is 13.8 Å². The Balaban J connectivity index is 1.82. The fraction of sp³-hybridized carbons (Fsp3) is 0.235. The number of nitrogens with zero attached hydrogens (tertiary/aromatic N) is 2. The molecular formula is C17H19N3S. The lowest BCUT2D eigenvalue weighted by Gasteiger charge is -2.15. The Morgan fingerprint density at radius 1 is 1.14 bits per heavy atom. The first-order chi connectivity index (χ1) is 10.1. The van der Waals surface area contributed by atoms with Crippen LogP contribution < -0.4 is 5.32 Å². The molecule has 0 amide bonds. The third-order valence-electron chi connectivity index (χ3n) is 3.46. The molecular weight excluding hydrogens is 278 g/mol. The lowest BCUT2D eigenvalue weighted by molar-refractivity contribution is 0.889. The maximum atomic E-state index is 4.51. The molecule has 108 valence electrons. The van der Waals surface area contributed by atoms with Gasteiger partial charge in [-0.3, -0.25) is 0 Å². The van der Waals surface area contributed by atoms with Gasteiger partial charge in [0.05, 0.1) is 16.7 Å². The molecule has 2 aromatic heterocycles. The Morgan fingerprint density at radius 3 is 2.57 bits per heavy atom. The molecule has 3 nitrogen and oxygen atoms in total. The zero-order valence-electron chi connectivity index (χ0n) is 12.5. The van der Waals surface area contributed by atoms with Crippen molar-refractivity contribution in [3.63, 3.8) is 0 Å². The molecule has 1 N–H and O–H groups in total. The largest absolute Gasteiger partial charge is 0.378 e. The van der Waals surface area contributed by atoms with Crippen molar-refractivity contribution in [1.29, 1.82) is 0 Å². The molecule has 0 aliphatic rings. The van der Waals surface area contributed by atoms with E-state index in [1.165, 1.54) is 4.88 Å². The van der Waals surface area contributed by atoms with E-state index in [-0.39, 0.29) is 6.04 Å². The molecule has 1 atom stereocenters. The Labute approximate surface area is 129 Å². The second kappa shape index (κ2) is 5.74. The summed E-state index contributed by atoms with van der Waals surface area (Å²) in [6, 6.07) is 12.8. The number of anilines is 1. The van der Waals surface area contributed by atoms with E-state index in [4.69, 9.17) is 0 Å². The minimum absolute atomic E-state index is 0.260. The molecule has 2 heterocycles. The minimum atomic E-state index is 0.260. The predicted molar refractivity (Wildman–Crippen MR) is 89.4 cm³/mol. The second-order valence-electron chi connectivity index (χ2n) is 5.19. The fourth-order valence-electron chi connectivity index (χ4n) is 2.53. The summed E-state index contributed by atoms with van der Waals surface area (Å²) in [5, 5.41) is 4.69. The zero-order valence-corrected chi connectivity index (χ0v) is 13.3. The van der Waals surface area contributed by atoms with Gasteiger partial charge in [-0.25, -0.2) is 4.98 Å². The molecule has 1 unspecified atom stereocenters. The average molecular weight is 297 g/mol. The number of aromatic nitrogens is 2. The lowest BCUT2D eigenvalue weighted by Crippen LogP contribution is -2.06. The maximum absolute atomic E-state index is 4.51. The summed E-state index contributed by atoms with van der Waals surface area (Å²) >= 11 is 1.76. The minimum Gasteiger partial charge on any atom is -0.378 e. The van der Waals surface area contributed by atoms with Crippen LogP contribution in [0.3, 0.4) is 0 Å². The molecule has 0 saturated heterocycles. The molecule has 0 bridgehead atoms. The van der Waals surface area contributed by atoms with Crippen LogP contribution in [0.1, 0.15) is 28.5 Å². The number of benzene rings is 1. The molecule has 0 spiro atoms. The van der Waals surface area contributed by atoms with Crippen LogP contribution in [0.25, 0.3) is 5.69 Å². The van der Waals surface area contributed by atoms with Crippen LogP contribution in [0.5, 0.6) is 0 Å². The van der Waals surface area contributed by atoms with E-state index in [1.807, 2.05) is 12.1 Å². The average Bonchev–Trinajstić information content (AvgIpc) is 3.08. The van der Waals surface area contributed by atoms with Crippen LogP contribution in [0.15, 0.2) is 48.8 Å². The molecule has 0 aliphatic heterocycles. The molecule has 0 aliphatic carbocycles. The molecule has 0 radical (unpaired) electrons. The van der Waals surface area contributed by atoms with Gasteiger partial charge in [0, 0.05) is 28.6 Å². The van der Waals surface area contributed by atoms with Crippen molar-refractivity contribution >= 4 is 17.0 Å². The quantitative estimate of drug-likeness (QED) is 0.755. The van der Waals surface area contributed by atoms with Gasteiger partial charge in [0.15, 0.2) is 0 Å². The van der Waals surface area contributed by atoms with E-state index in [0.717, 1.165) is 22.1 Å². The molecule has 3 aromatic rings. The van der Waals surface area contributed by atoms with Gasteiger partial charge in [0.2, 0.25) is 0 Å². The fourth-order valence-corrected chi connectivity index (χ4v) is 3.46. The molecule has 21 heavy (non-hydrogen) atoms. The number of hydrogen-bond acceptors (Lipinski definition) is 3. The van der Waals surface area contributed by atoms with E-state index in [1.54, 1.807) is 11.3 Å². The van der Waals surface area contributed by atoms with Gasteiger partial charge in [-0.15, -0.1) is 11.3 Å². The van der Waals surface area contributed by atoms with Crippen molar-refractivity contribution in [2.24, 2.45) is 0 Å². The highest BCUT2D eigenvalue weighted by Gasteiger charge is 2.12. The Kier molecular flexibility index (Phi) is 3.80. The SMILES string of the molecule is Cc1nc(C)c(C(C)Nc2cccc(-n3cccc3)c2)s1. The summed E-state index contributed by atoms with van der Waals surface area (Å²) in [6.07, 6.45) is 4.11. The normalized spacial score (nSPS) is 12.3. The summed E-state index contributed by atoms with van der Waals surface area (Å²) < 4.78 is 2.11. The first kappa shape index (κ1) is 13.9. The molecule has 0 saturated carbocycles. The lowest BCUT2D eigenvalue weighted by atomic mass is 10.2. The van der Waals surface area contributed by atoms with Gasteiger partial charge < -0.3 is 9.88 Å². The smallest absolute Gasteiger partial charge is 0.0900 e. The van der Waals surface area contributed by atoms with Gasteiger partial charge in [-0.1, -0.05) is 6.07 Å². The van der Waals surface area contributed by atoms with Crippen LogP contribution in [-0.2, 0) is 0 Å².